The standard InChI is InChI=1S/C34H34N2O7S2/c1-4-29(37)41-20-8-6-5-7-19-40-25-14-16-26(17-15-25)42-32(38)23-10-12-24(13-11-23)33(39)43-28-18-9-22(2)30-31(28)45-34(44-30)27(21-35)36-3/h4,9,14-18,23-24H,1,5-8,10-13,19-20H2,2H3/b34-27-. The number of nitriles is 1. The van der Waals surface area contributed by atoms with E-state index in [1.54, 1.807) is 30.3 Å². The van der Waals surface area contributed by atoms with Crippen LogP contribution in [0.4, 0.5) is 0 Å². The summed E-state index contributed by atoms with van der Waals surface area (Å²) in [7, 11) is 0. The normalized spacial score (nSPS) is 18.0. The van der Waals surface area contributed by atoms with Crippen molar-refractivity contribution in [3.05, 3.63) is 76.0 Å². The van der Waals surface area contributed by atoms with Crippen LogP contribution in [0.3, 0.4) is 0 Å². The van der Waals surface area contributed by atoms with Crippen molar-refractivity contribution in [3.63, 3.8) is 0 Å². The van der Waals surface area contributed by atoms with Gasteiger partial charge in [-0.2, -0.15) is 0 Å². The summed E-state index contributed by atoms with van der Waals surface area (Å²) in [5.74, 6) is -0.128. The Balaban J connectivity index is 1.18. The second-order valence-corrected chi connectivity index (χ2v) is 12.9. The number of carbonyl (C=O) groups is 3. The summed E-state index contributed by atoms with van der Waals surface area (Å²) in [6.45, 7) is 13.5. The highest BCUT2D eigenvalue weighted by atomic mass is 32.2. The van der Waals surface area contributed by atoms with Crippen molar-refractivity contribution >= 4 is 41.4 Å². The van der Waals surface area contributed by atoms with E-state index in [-0.39, 0.29) is 29.5 Å². The van der Waals surface area contributed by atoms with Crippen LogP contribution in [0.25, 0.3) is 4.85 Å². The van der Waals surface area contributed by atoms with Crippen LogP contribution in [-0.2, 0) is 19.1 Å². The Morgan fingerprint density at radius 1 is 0.911 bits per heavy atom. The first kappa shape index (κ1) is 33.7. The Morgan fingerprint density at radius 3 is 2.13 bits per heavy atom. The maximum atomic E-state index is 13.1. The molecule has 0 bridgehead atoms. The minimum atomic E-state index is -0.400. The third-order valence-corrected chi connectivity index (χ3v) is 10.2. The molecule has 1 saturated carbocycles. The van der Waals surface area contributed by atoms with Gasteiger partial charge in [-0.1, -0.05) is 36.2 Å². The number of allylic oxidation sites excluding steroid dienone is 1. The average molecular weight is 647 g/mol. The van der Waals surface area contributed by atoms with Gasteiger partial charge in [0.25, 0.3) is 5.70 Å². The number of thioether (sulfide) groups is 2. The summed E-state index contributed by atoms with van der Waals surface area (Å²) >= 11 is 2.64. The molecule has 0 unspecified atom stereocenters. The number of fused-ring (bicyclic) bond motifs is 1. The lowest BCUT2D eigenvalue weighted by molar-refractivity contribution is -0.145. The second-order valence-electron chi connectivity index (χ2n) is 10.6. The molecule has 1 fully saturated rings. The van der Waals surface area contributed by atoms with E-state index in [1.807, 2.05) is 19.1 Å². The molecular formula is C34H34N2O7S2. The van der Waals surface area contributed by atoms with Crippen molar-refractivity contribution in [2.45, 2.75) is 68.1 Å². The molecule has 1 aliphatic carbocycles. The predicted octanol–water partition coefficient (Wildman–Crippen LogP) is 7.79. The van der Waals surface area contributed by atoms with Crippen molar-refractivity contribution in [1.82, 2.24) is 0 Å². The van der Waals surface area contributed by atoms with Gasteiger partial charge in [-0.05, 0) is 94.2 Å². The van der Waals surface area contributed by atoms with Crippen LogP contribution < -0.4 is 14.2 Å². The van der Waals surface area contributed by atoms with E-state index < -0.39 is 5.97 Å². The number of esters is 3. The molecule has 2 aliphatic rings. The number of nitrogens with zero attached hydrogens (tertiary/aromatic N) is 2. The molecule has 0 radical (unpaired) electrons. The van der Waals surface area contributed by atoms with Gasteiger partial charge < -0.3 is 18.9 Å². The number of hydrogen-bond donors (Lipinski definition) is 0. The third-order valence-electron chi connectivity index (χ3n) is 7.44. The molecule has 234 valence electrons. The zero-order valence-electron chi connectivity index (χ0n) is 25.0. The van der Waals surface area contributed by atoms with Gasteiger partial charge in [0.05, 0.1) is 46.8 Å². The Hall–Kier alpha value is -4.19. The van der Waals surface area contributed by atoms with Gasteiger partial charge in [0, 0.05) is 11.0 Å². The first-order valence-corrected chi connectivity index (χ1v) is 16.4. The minimum Gasteiger partial charge on any atom is -0.494 e. The monoisotopic (exact) mass is 646 g/mol. The fraction of sp³-hybridized carbons (Fsp3) is 0.382. The van der Waals surface area contributed by atoms with E-state index in [2.05, 4.69) is 11.4 Å². The molecule has 0 N–H and O–H groups in total. The van der Waals surface area contributed by atoms with Gasteiger partial charge >= 0.3 is 17.9 Å². The van der Waals surface area contributed by atoms with Crippen molar-refractivity contribution in [3.8, 4) is 23.3 Å². The quantitative estimate of drug-likeness (QED) is 0.0533. The lowest BCUT2D eigenvalue weighted by atomic mass is 9.82. The topological polar surface area (TPSA) is 116 Å². The molecule has 2 aromatic rings. The van der Waals surface area contributed by atoms with Gasteiger partial charge in [0.2, 0.25) is 0 Å². The van der Waals surface area contributed by atoms with Crippen molar-refractivity contribution < 1.29 is 33.3 Å². The van der Waals surface area contributed by atoms with E-state index in [1.165, 1.54) is 23.5 Å². The van der Waals surface area contributed by atoms with Gasteiger partial charge in [-0.3, -0.25) is 9.59 Å². The van der Waals surface area contributed by atoms with Crippen molar-refractivity contribution in [1.29, 1.82) is 5.26 Å². The van der Waals surface area contributed by atoms with Gasteiger partial charge in [0.1, 0.15) is 17.2 Å². The molecule has 9 nitrogen and oxygen atoms in total. The Morgan fingerprint density at radius 2 is 1.51 bits per heavy atom. The van der Waals surface area contributed by atoms with Crippen molar-refractivity contribution in [2.24, 2.45) is 11.8 Å². The third kappa shape index (κ3) is 9.40. The summed E-state index contributed by atoms with van der Waals surface area (Å²) < 4.78 is 22.7. The van der Waals surface area contributed by atoms with Gasteiger partial charge in [0.15, 0.2) is 0 Å². The number of hydrogen-bond acceptors (Lipinski definition) is 10. The highest BCUT2D eigenvalue weighted by Crippen LogP contribution is 2.57. The van der Waals surface area contributed by atoms with Crippen LogP contribution in [-0.4, -0.2) is 31.1 Å². The summed E-state index contributed by atoms with van der Waals surface area (Å²) in [5.41, 5.74) is 1.01. The SMILES string of the molecule is [C-]#[N+]/C(C#N)=C1/Sc2c(C)ccc(OC(=O)C3CCC(C(=O)Oc4ccc(OCCCCCCOC(=O)C=C)cc4)CC3)c2S1. The molecule has 1 aliphatic heterocycles. The summed E-state index contributed by atoms with van der Waals surface area (Å²) in [4.78, 5) is 41.8. The second kappa shape index (κ2) is 16.8. The number of unbranched alkanes of at least 4 members (excludes halogenated alkanes) is 3. The lowest BCUT2D eigenvalue weighted by Crippen LogP contribution is -2.30. The highest BCUT2D eigenvalue weighted by Gasteiger charge is 2.33. The molecule has 0 aromatic heterocycles. The number of benzene rings is 2. The molecule has 2 aromatic carbocycles. The lowest BCUT2D eigenvalue weighted by Gasteiger charge is -2.26. The van der Waals surface area contributed by atoms with Crippen LogP contribution in [0, 0.1) is 36.7 Å². The smallest absolute Gasteiger partial charge is 0.330 e. The van der Waals surface area contributed by atoms with Crippen molar-refractivity contribution in [2.75, 3.05) is 13.2 Å². The van der Waals surface area contributed by atoms with E-state index in [4.69, 9.17) is 25.5 Å². The number of ether oxygens (including phenoxy) is 4. The number of rotatable bonds is 13. The first-order chi connectivity index (χ1) is 21.8. The Bertz CT molecular complexity index is 1520. The maximum absolute atomic E-state index is 13.1. The maximum Gasteiger partial charge on any atom is 0.330 e. The molecule has 45 heavy (non-hydrogen) atoms. The van der Waals surface area contributed by atoms with Crippen LogP contribution in [0.2, 0.25) is 0 Å². The zero-order chi connectivity index (χ0) is 32.2. The summed E-state index contributed by atoms with van der Waals surface area (Å²) in [6, 6.07) is 12.5. The zero-order valence-corrected chi connectivity index (χ0v) is 26.7. The summed E-state index contributed by atoms with van der Waals surface area (Å²) in [5, 5.41) is 9.27. The van der Waals surface area contributed by atoms with Crippen LogP contribution >= 0.6 is 23.5 Å². The van der Waals surface area contributed by atoms with Gasteiger partial charge in [-0.25, -0.2) is 14.9 Å². The van der Waals surface area contributed by atoms with Crippen LogP contribution in [0.5, 0.6) is 17.2 Å². The van der Waals surface area contributed by atoms with Crippen LogP contribution in [0.15, 0.2) is 68.8 Å². The minimum absolute atomic E-state index is 0.0257. The molecule has 4 rings (SSSR count). The molecule has 0 amide bonds. The number of carbonyl (C=O) groups excluding carboxylic acids is 3. The van der Waals surface area contributed by atoms with Gasteiger partial charge in [-0.15, -0.1) is 0 Å². The molecule has 0 spiro atoms. The first-order valence-electron chi connectivity index (χ1n) is 14.8. The molecule has 0 atom stereocenters. The molecule has 11 heteroatoms. The number of aryl methyl sites for hydroxylation is 1. The Kier molecular flexibility index (Phi) is 12.6. The fourth-order valence-electron chi connectivity index (χ4n) is 4.91. The van der Waals surface area contributed by atoms with E-state index >= 15 is 0 Å². The fourth-order valence-corrected chi connectivity index (χ4v) is 7.46. The van der Waals surface area contributed by atoms with E-state index in [9.17, 15) is 19.6 Å². The molecule has 1 heterocycles. The largest absolute Gasteiger partial charge is 0.494 e. The van der Waals surface area contributed by atoms with E-state index in [0.717, 1.165) is 47.1 Å². The predicted molar refractivity (Wildman–Crippen MR) is 170 cm³/mol. The molecule has 0 saturated heterocycles. The summed E-state index contributed by atoms with van der Waals surface area (Å²) in [6.07, 6.45) is 6.81. The Labute approximate surface area is 271 Å². The average Bonchev–Trinajstić information content (AvgIpc) is 3.51. The van der Waals surface area contributed by atoms with E-state index in [0.29, 0.717) is 60.4 Å². The highest BCUT2D eigenvalue weighted by molar-refractivity contribution is 8.24. The van der Waals surface area contributed by atoms with Crippen LogP contribution in [0.1, 0.15) is 56.9 Å². The molecular weight excluding hydrogens is 613 g/mol.